The minimum Gasteiger partial charge on any atom is -0.494 e. The van der Waals surface area contributed by atoms with E-state index in [1.54, 1.807) is 4.90 Å². The van der Waals surface area contributed by atoms with Crippen molar-refractivity contribution in [3.05, 3.63) is 45.9 Å². The number of carbonyl (C=O) groups excluding carboxylic acids is 2. The van der Waals surface area contributed by atoms with Gasteiger partial charge >= 0.3 is 6.09 Å². The molecule has 2 aromatic rings. The van der Waals surface area contributed by atoms with E-state index in [4.69, 9.17) is 9.47 Å². The third-order valence-electron chi connectivity index (χ3n) is 5.20. The maximum Gasteiger partial charge on any atom is 0.410 e. The van der Waals surface area contributed by atoms with Crippen LogP contribution >= 0.6 is 11.3 Å². The van der Waals surface area contributed by atoms with Crippen LogP contribution in [-0.4, -0.2) is 53.7 Å². The van der Waals surface area contributed by atoms with E-state index >= 15 is 0 Å². The molecule has 0 spiro atoms. The molecule has 1 fully saturated rings. The van der Waals surface area contributed by atoms with Crippen LogP contribution in [-0.2, 0) is 11.2 Å². The predicted octanol–water partition coefficient (Wildman–Crippen LogP) is 4.63. The van der Waals surface area contributed by atoms with Crippen molar-refractivity contribution >= 4 is 23.3 Å². The van der Waals surface area contributed by atoms with E-state index in [9.17, 15) is 9.59 Å². The lowest BCUT2D eigenvalue weighted by molar-refractivity contribution is 0.0204. The number of nitrogens with one attached hydrogen (secondary N) is 1. The van der Waals surface area contributed by atoms with Gasteiger partial charge in [-0.1, -0.05) is 18.2 Å². The lowest BCUT2D eigenvalue weighted by Gasteiger charge is -2.32. The lowest BCUT2D eigenvalue weighted by Crippen LogP contribution is -2.41. The topological polar surface area (TPSA) is 80.8 Å². The number of amides is 2. The first-order valence-electron chi connectivity index (χ1n) is 11.2. The largest absolute Gasteiger partial charge is 0.494 e. The Balaban J connectivity index is 1.47. The number of benzene rings is 1. The van der Waals surface area contributed by atoms with Gasteiger partial charge in [-0.15, -0.1) is 11.3 Å². The number of aromatic nitrogens is 1. The number of carbonyl (C=O) groups is 2. The molecule has 1 aliphatic rings. The summed E-state index contributed by atoms with van der Waals surface area (Å²) in [6, 6.07) is 7.88. The summed E-state index contributed by atoms with van der Waals surface area (Å²) in [6.45, 7) is 9.98. The zero-order valence-corrected chi connectivity index (χ0v) is 20.2. The van der Waals surface area contributed by atoms with Crippen LogP contribution < -0.4 is 10.1 Å². The number of rotatable bonds is 7. The molecule has 0 bridgehead atoms. The summed E-state index contributed by atoms with van der Waals surface area (Å²) in [5, 5.41) is 5.73. The summed E-state index contributed by atoms with van der Waals surface area (Å²) in [5.41, 5.74) is 1.04. The van der Waals surface area contributed by atoms with Crippen molar-refractivity contribution in [2.24, 2.45) is 0 Å². The zero-order valence-electron chi connectivity index (χ0n) is 19.3. The molecule has 1 aliphatic heterocycles. The molecule has 32 heavy (non-hydrogen) atoms. The number of thiazole rings is 1. The standard InChI is InChI=1S/C24H33N3O4S/c1-5-30-20-9-7-6-8-17(20)10-13-25-21(28)19-16-32-22(26-19)18-11-14-27(15-12-18)23(29)31-24(2,3)4/h6-9,16,18H,5,10-15H2,1-4H3,(H,25,28). The van der Waals surface area contributed by atoms with E-state index in [1.165, 1.54) is 11.3 Å². The first-order valence-corrected chi connectivity index (χ1v) is 12.1. The van der Waals surface area contributed by atoms with Gasteiger partial charge in [0.2, 0.25) is 0 Å². The van der Waals surface area contributed by atoms with E-state index in [1.807, 2.05) is 57.3 Å². The van der Waals surface area contributed by atoms with Gasteiger partial charge in [0.15, 0.2) is 0 Å². The van der Waals surface area contributed by atoms with Gasteiger partial charge in [-0.05, 0) is 58.6 Å². The van der Waals surface area contributed by atoms with Crippen LogP contribution in [0.4, 0.5) is 4.79 Å². The third kappa shape index (κ3) is 6.69. The highest BCUT2D eigenvalue weighted by Gasteiger charge is 2.29. The summed E-state index contributed by atoms with van der Waals surface area (Å²) in [5.74, 6) is 0.962. The molecule has 0 saturated carbocycles. The average molecular weight is 460 g/mol. The summed E-state index contributed by atoms with van der Waals surface area (Å²) in [6.07, 6.45) is 2.08. The molecule has 1 aromatic heterocycles. The fourth-order valence-corrected chi connectivity index (χ4v) is 4.59. The second-order valence-corrected chi connectivity index (χ2v) is 9.75. The Kier molecular flexibility index (Phi) is 8.12. The Morgan fingerprint density at radius 2 is 1.94 bits per heavy atom. The van der Waals surface area contributed by atoms with Gasteiger partial charge in [0, 0.05) is 30.9 Å². The number of hydrogen-bond donors (Lipinski definition) is 1. The van der Waals surface area contributed by atoms with Gasteiger partial charge in [0.25, 0.3) is 5.91 Å². The van der Waals surface area contributed by atoms with Crippen molar-refractivity contribution in [1.82, 2.24) is 15.2 Å². The normalized spacial score (nSPS) is 14.8. The molecule has 174 valence electrons. The summed E-state index contributed by atoms with van der Waals surface area (Å²) >= 11 is 1.52. The van der Waals surface area contributed by atoms with Crippen LogP contribution in [0.1, 0.15) is 67.5 Å². The van der Waals surface area contributed by atoms with Crippen molar-refractivity contribution < 1.29 is 19.1 Å². The Morgan fingerprint density at radius 3 is 2.62 bits per heavy atom. The molecule has 2 heterocycles. The minimum atomic E-state index is -0.489. The molecular weight excluding hydrogens is 426 g/mol. The number of hydrogen-bond acceptors (Lipinski definition) is 6. The van der Waals surface area contributed by atoms with Crippen LogP contribution in [0.15, 0.2) is 29.6 Å². The van der Waals surface area contributed by atoms with E-state index in [2.05, 4.69) is 10.3 Å². The summed E-state index contributed by atoms with van der Waals surface area (Å²) in [7, 11) is 0. The van der Waals surface area contributed by atoms with Gasteiger partial charge in [-0.25, -0.2) is 9.78 Å². The number of piperidine rings is 1. The molecule has 0 radical (unpaired) electrons. The fourth-order valence-electron chi connectivity index (χ4n) is 3.62. The molecule has 2 amide bonds. The Labute approximate surface area is 194 Å². The molecule has 8 heteroatoms. The molecular formula is C24H33N3O4S. The highest BCUT2D eigenvalue weighted by molar-refractivity contribution is 7.09. The number of likely N-dealkylation sites (tertiary alicyclic amines) is 1. The van der Waals surface area contributed by atoms with E-state index in [0.717, 1.165) is 29.2 Å². The van der Waals surface area contributed by atoms with Crippen molar-refractivity contribution in [2.75, 3.05) is 26.2 Å². The Morgan fingerprint density at radius 1 is 1.22 bits per heavy atom. The molecule has 1 N–H and O–H groups in total. The van der Waals surface area contributed by atoms with Crippen LogP contribution in [0.2, 0.25) is 0 Å². The van der Waals surface area contributed by atoms with Crippen LogP contribution in [0.5, 0.6) is 5.75 Å². The van der Waals surface area contributed by atoms with Crippen molar-refractivity contribution in [3.63, 3.8) is 0 Å². The zero-order chi connectivity index (χ0) is 23.1. The van der Waals surface area contributed by atoms with E-state index < -0.39 is 5.60 Å². The van der Waals surface area contributed by atoms with Crippen molar-refractivity contribution in [1.29, 1.82) is 0 Å². The first-order chi connectivity index (χ1) is 15.3. The first kappa shape index (κ1) is 24.0. The fraction of sp³-hybridized carbons (Fsp3) is 0.542. The van der Waals surface area contributed by atoms with Gasteiger partial charge in [0.05, 0.1) is 11.6 Å². The predicted molar refractivity (Wildman–Crippen MR) is 126 cm³/mol. The van der Waals surface area contributed by atoms with Crippen LogP contribution in [0.3, 0.4) is 0 Å². The monoisotopic (exact) mass is 459 g/mol. The van der Waals surface area contributed by atoms with Crippen molar-refractivity contribution in [2.45, 2.75) is 58.5 Å². The number of ether oxygens (including phenoxy) is 2. The second-order valence-electron chi connectivity index (χ2n) is 8.86. The minimum absolute atomic E-state index is 0.160. The Bertz CT molecular complexity index is 914. The SMILES string of the molecule is CCOc1ccccc1CCNC(=O)c1csc(C2CCN(C(=O)OC(C)(C)C)CC2)n1. The molecule has 0 atom stereocenters. The van der Waals surface area contributed by atoms with Gasteiger partial charge in [-0.3, -0.25) is 4.79 Å². The van der Waals surface area contributed by atoms with Crippen LogP contribution in [0.25, 0.3) is 0 Å². The second kappa shape index (κ2) is 10.8. The van der Waals surface area contributed by atoms with E-state index in [-0.39, 0.29) is 17.9 Å². The highest BCUT2D eigenvalue weighted by atomic mass is 32.1. The molecule has 1 aromatic carbocycles. The van der Waals surface area contributed by atoms with Gasteiger partial charge in [-0.2, -0.15) is 0 Å². The third-order valence-corrected chi connectivity index (χ3v) is 6.21. The quantitative estimate of drug-likeness (QED) is 0.653. The Hall–Kier alpha value is -2.61. The van der Waals surface area contributed by atoms with Crippen LogP contribution in [0, 0.1) is 0 Å². The maximum atomic E-state index is 12.5. The molecule has 3 rings (SSSR count). The maximum absolute atomic E-state index is 12.5. The molecule has 0 unspecified atom stereocenters. The smallest absolute Gasteiger partial charge is 0.410 e. The number of nitrogens with zero attached hydrogens (tertiary/aromatic N) is 2. The molecule has 0 aliphatic carbocycles. The van der Waals surface area contributed by atoms with Crippen molar-refractivity contribution in [3.8, 4) is 5.75 Å². The lowest BCUT2D eigenvalue weighted by atomic mass is 9.98. The molecule has 7 nitrogen and oxygen atoms in total. The van der Waals surface area contributed by atoms with Gasteiger partial charge < -0.3 is 19.7 Å². The summed E-state index contributed by atoms with van der Waals surface area (Å²) < 4.78 is 11.1. The van der Waals surface area contributed by atoms with E-state index in [0.29, 0.717) is 38.4 Å². The van der Waals surface area contributed by atoms with Gasteiger partial charge in [0.1, 0.15) is 17.0 Å². The average Bonchev–Trinajstić information content (AvgIpc) is 3.24. The number of para-hydroxylation sites is 1. The highest BCUT2D eigenvalue weighted by Crippen LogP contribution is 2.31. The molecule has 1 saturated heterocycles. The summed E-state index contributed by atoms with van der Waals surface area (Å²) in [4.78, 5) is 31.1.